The highest BCUT2D eigenvalue weighted by Gasteiger charge is 2.29. The van der Waals surface area contributed by atoms with E-state index in [0.717, 1.165) is 12.8 Å². The van der Waals surface area contributed by atoms with Gasteiger partial charge in [0, 0.05) is 5.54 Å². The topological polar surface area (TPSA) is 35.8 Å². The standard InChI is InChI=1S/C7H12N2/c1-7(2)4-3-6(5-8)9-7/h6,9H,3-4H2,1-2H3. The lowest BCUT2D eigenvalue weighted by molar-refractivity contribution is 0.448. The predicted molar refractivity (Wildman–Crippen MR) is 35.8 cm³/mol. The summed E-state index contributed by atoms with van der Waals surface area (Å²) in [6, 6.07) is 2.31. The zero-order chi connectivity index (χ0) is 6.91. The molecule has 0 spiro atoms. The van der Waals surface area contributed by atoms with Crippen LogP contribution in [0.25, 0.3) is 0 Å². The van der Waals surface area contributed by atoms with Crippen LogP contribution in [0.4, 0.5) is 0 Å². The number of nitriles is 1. The summed E-state index contributed by atoms with van der Waals surface area (Å²) in [6.07, 6.45) is 2.12. The Morgan fingerprint density at radius 1 is 1.67 bits per heavy atom. The quantitative estimate of drug-likeness (QED) is 0.523. The summed E-state index contributed by atoms with van der Waals surface area (Å²) in [4.78, 5) is 0. The molecule has 1 aliphatic heterocycles. The van der Waals surface area contributed by atoms with Gasteiger partial charge in [-0.3, -0.25) is 5.32 Å². The van der Waals surface area contributed by atoms with Crippen molar-refractivity contribution in [1.82, 2.24) is 5.32 Å². The first-order valence-electron chi connectivity index (χ1n) is 3.31. The summed E-state index contributed by atoms with van der Waals surface area (Å²) in [6.45, 7) is 4.26. The van der Waals surface area contributed by atoms with Gasteiger partial charge >= 0.3 is 0 Å². The molecular formula is C7H12N2. The van der Waals surface area contributed by atoms with E-state index >= 15 is 0 Å². The molecule has 1 atom stereocenters. The summed E-state index contributed by atoms with van der Waals surface area (Å²) >= 11 is 0. The Morgan fingerprint density at radius 3 is 2.56 bits per heavy atom. The molecule has 0 saturated carbocycles. The van der Waals surface area contributed by atoms with Crippen molar-refractivity contribution in [2.75, 3.05) is 0 Å². The Balaban J connectivity index is 2.50. The third kappa shape index (κ3) is 1.43. The van der Waals surface area contributed by atoms with E-state index in [0.29, 0.717) is 0 Å². The molecule has 0 radical (unpaired) electrons. The molecule has 0 bridgehead atoms. The summed E-state index contributed by atoms with van der Waals surface area (Å²) < 4.78 is 0. The number of nitrogens with zero attached hydrogens (tertiary/aromatic N) is 1. The van der Waals surface area contributed by atoms with E-state index in [1.54, 1.807) is 0 Å². The summed E-state index contributed by atoms with van der Waals surface area (Å²) in [5.41, 5.74) is 0.195. The maximum Gasteiger partial charge on any atom is 0.0957 e. The molecule has 0 aromatic rings. The Labute approximate surface area is 55.9 Å². The summed E-state index contributed by atoms with van der Waals surface area (Å²) in [5.74, 6) is 0. The van der Waals surface area contributed by atoms with Gasteiger partial charge in [-0.2, -0.15) is 5.26 Å². The Morgan fingerprint density at radius 2 is 2.33 bits per heavy atom. The molecule has 1 saturated heterocycles. The van der Waals surface area contributed by atoms with E-state index in [-0.39, 0.29) is 11.6 Å². The van der Waals surface area contributed by atoms with E-state index < -0.39 is 0 Å². The van der Waals surface area contributed by atoms with Crippen molar-refractivity contribution in [2.24, 2.45) is 0 Å². The number of rotatable bonds is 0. The molecule has 0 aliphatic carbocycles. The van der Waals surface area contributed by atoms with Gasteiger partial charge in [0.2, 0.25) is 0 Å². The minimum Gasteiger partial charge on any atom is -0.297 e. The van der Waals surface area contributed by atoms with Crippen LogP contribution in [0.2, 0.25) is 0 Å². The molecule has 0 amide bonds. The van der Waals surface area contributed by atoms with Crippen molar-refractivity contribution >= 4 is 0 Å². The lowest BCUT2D eigenvalue weighted by Crippen LogP contribution is -2.36. The fraction of sp³-hybridized carbons (Fsp3) is 0.857. The summed E-state index contributed by atoms with van der Waals surface area (Å²) in [7, 11) is 0. The lowest BCUT2D eigenvalue weighted by Gasteiger charge is -2.16. The lowest BCUT2D eigenvalue weighted by atomic mass is 10.0. The first-order chi connectivity index (χ1) is 4.14. The zero-order valence-electron chi connectivity index (χ0n) is 5.94. The Bertz CT molecular complexity index is 143. The van der Waals surface area contributed by atoms with Crippen molar-refractivity contribution in [1.29, 1.82) is 5.26 Å². The van der Waals surface area contributed by atoms with Crippen molar-refractivity contribution in [3.8, 4) is 6.07 Å². The zero-order valence-corrected chi connectivity index (χ0v) is 5.94. The highest BCUT2D eigenvalue weighted by Crippen LogP contribution is 2.21. The highest BCUT2D eigenvalue weighted by molar-refractivity contribution is 5.01. The van der Waals surface area contributed by atoms with E-state index in [1.807, 2.05) is 0 Å². The third-order valence-electron chi connectivity index (χ3n) is 1.78. The largest absolute Gasteiger partial charge is 0.297 e. The Kier molecular flexibility index (Phi) is 1.46. The van der Waals surface area contributed by atoms with Gasteiger partial charge in [0.1, 0.15) is 0 Å². The monoisotopic (exact) mass is 124 g/mol. The molecule has 2 heteroatoms. The molecule has 9 heavy (non-hydrogen) atoms. The van der Waals surface area contributed by atoms with Crippen LogP contribution in [0.5, 0.6) is 0 Å². The third-order valence-corrected chi connectivity index (χ3v) is 1.78. The van der Waals surface area contributed by atoms with Crippen LogP contribution >= 0.6 is 0 Å². The van der Waals surface area contributed by atoms with E-state index in [9.17, 15) is 0 Å². The smallest absolute Gasteiger partial charge is 0.0957 e. The van der Waals surface area contributed by atoms with E-state index in [4.69, 9.17) is 5.26 Å². The fourth-order valence-electron chi connectivity index (χ4n) is 1.22. The van der Waals surface area contributed by atoms with Crippen LogP contribution in [0.3, 0.4) is 0 Å². The second kappa shape index (κ2) is 2.00. The minimum absolute atomic E-state index is 0.0972. The average Bonchev–Trinajstić information content (AvgIpc) is 2.10. The van der Waals surface area contributed by atoms with Crippen LogP contribution in [0.15, 0.2) is 0 Å². The molecule has 1 unspecified atom stereocenters. The number of hydrogen-bond donors (Lipinski definition) is 1. The number of hydrogen-bond acceptors (Lipinski definition) is 2. The van der Waals surface area contributed by atoms with E-state index in [2.05, 4.69) is 25.2 Å². The van der Waals surface area contributed by atoms with Crippen LogP contribution in [-0.2, 0) is 0 Å². The molecule has 1 rings (SSSR count). The SMILES string of the molecule is CC1(C)CCC(C#N)N1. The fourth-order valence-corrected chi connectivity index (χ4v) is 1.22. The molecular weight excluding hydrogens is 112 g/mol. The van der Waals surface area contributed by atoms with Gasteiger partial charge in [-0.15, -0.1) is 0 Å². The van der Waals surface area contributed by atoms with E-state index in [1.165, 1.54) is 0 Å². The van der Waals surface area contributed by atoms with Crippen LogP contribution in [0, 0.1) is 11.3 Å². The van der Waals surface area contributed by atoms with Crippen molar-refractivity contribution < 1.29 is 0 Å². The summed E-state index contributed by atoms with van der Waals surface area (Å²) in [5, 5.41) is 11.7. The second-order valence-electron chi connectivity index (χ2n) is 3.25. The highest BCUT2D eigenvalue weighted by atomic mass is 15.0. The van der Waals surface area contributed by atoms with Crippen molar-refractivity contribution in [2.45, 2.75) is 38.3 Å². The predicted octanol–water partition coefficient (Wildman–Crippen LogP) is 1.04. The normalized spacial score (nSPS) is 31.9. The molecule has 0 aromatic carbocycles. The van der Waals surface area contributed by atoms with Crippen molar-refractivity contribution in [3.05, 3.63) is 0 Å². The molecule has 1 N–H and O–H groups in total. The Hall–Kier alpha value is -0.550. The maximum atomic E-state index is 8.49. The van der Waals surface area contributed by atoms with Crippen LogP contribution in [-0.4, -0.2) is 11.6 Å². The van der Waals surface area contributed by atoms with Crippen molar-refractivity contribution in [3.63, 3.8) is 0 Å². The molecule has 1 aliphatic rings. The van der Waals surface area contributed by atoms with Gasteiger partial charge in [0.25, 0.3) is 0 Å². The van der Waals surface area contributed by atoms with Gasteiger partial charge in [0.05, 0.1) is 12.1 Å². The molecule has 1 fully saturated rings. The van der Waals surface area contributed by atoms with Crippen LogP contribution < -0.4 is 5.32 Å². The van der Waals surface area contributed by atoms with Gasteiger partial charge < -0.3 is 0 Å². The van der Waals surface area contributed by atoms with Crippen LogP contribution in [0.1, 0.15) is 26.7 Å². The molecule has 50 valence electrons. The molecule has 2 nitrogen and oxygen atoms in total. The number of nitrogens with one attached hydrogen (secondary N) is 1. The average molecular weight is 124 g/mol. The second-order valence-corrected chi connectivity index (χ2v) is 3.25. The first-order valence-corrected chi connectivity index (χ1v) is 3.31. The van der Waals surface area contributed by atoms with Gasteiger partial charge in [0.15, 0.2) is 0 Å². The van der Waals surface area contributed by atoms with Gasteiger partial charge in [-0.25, -0.2) is 0 Å². The first kappa shape index (κ1) is 6.57. The minimum atomic E-state index is 0.0972. The van der Waals surface area contributed by atoms with Gasteiger partial charge in [-0.05, 0) is 26.7 Å². The molecule has 1 heterocycles. The molecule has 0 aromatic heterocycles. The van der Waals surface area contributed by atoms with Gasteiger partial charge in [-0.1, -0.05) is 0 Å². The maximum absolute atomic E-state index is 8.49.